The standard InChI is InChI=1S/C50H87O10P/c1-3-5-7-9-11-13-15-17-19-20-21-22-23-24-25-26-28-29-31-33-35-37-39-41-49(53)57-45-48(46-59-61(55,56)58-44-47(52)43-51)60-50(54)42-40-38-36-34-32-30-27-18-16-14-12-10-8-6-4-2/h6,8,12,14,18,20-21,27,32,34,38,40,47-48,51-52H,3-5,7,9-11,13,15-17,19,22-26,28-31,33,35-37,39,41-46H2,1-2H3,(H,55,56)/b8-6-,14-12-,21-20-,27-18-,34-32-,40-38-. The van der Waals surface area contributed by atoms with Crippen molar-refractivity contribution in [1.82, 2.24) is 0 Å². The lowest BCUT2D eigenvalue weighted by Gasteiger charge is -2.20. The van der Waals surface area contributed by atoms with Crippen LogP contribution in [-0.4, -0.2) is 65.7 Å². The molecular formula is C50H87O10P. The van der Waals surface area contributed by atoms with Gasteiger partial charge in [0.2, 0.25) is 0 Å². The van der Waals surface area contributed by atoms with E-state index in [4.69, 9.17) is 19.1 Å². The predicted molar refractivity (Wildman–Crippen MR) is 251 cm³/mol. The molecule has 0 radical (unpaired) electrons. The zero-order valence-electron chi connectivity index (χ0n) is 38.4. The number of rotatable bonds is 44. The Hall–Kier alpha value is -2.59. The Morgan fingerprint density at radius 3 is 1.43 bits per heavy atom. The van der Waals surface area contributed by atoms with Gasteiger partial charge in [0.1, 0.15) is 12.7 Å². The molecule has 0 fully saturated rings. The molecule has 11 heteroatoms. The van der Waals surface area contributed by atoms with Crippen molar-refractivity contribution in [3.05, 3.63) is 72.9 Å². The molecule has 10 nitrogen and oxygen atoms in total. The Morgan fingerprint density at radius 2 is 0.951 bits per heavy atom. The number of unbranched alkanes of at least 4 members (excludes halogenated alkanes) is 19. The minimum Gasteiger partial charge on any atom is -0.462 e. The summed E-state index contributed by atoms with van der Waals surface area (Å²) in [4.78, 5) is 35.0. The lowest BCUT2D eigenvalue weighted by molar-refractivity contribution is -0.160. The molecule has 3 N–H and O–H groups in total. The summed E-state index contributed by atoms with van der Waals surface area (Å²) in [6, 6.07) is 0. The second-order valence-electron chi connectivity index (χ2n) is 15.8. The molecule has 0 aromatic heterocycles. The summed E-state index contributed by atoms with van der Waals surface area (Å²) >= 11 is 0. The molecule has 0 bridgehead atoms. The van der Waals surface area contributed by atoms with Gasteiger partial charge in [0, 0.05) is 6.42 Å². The average molecular weight is 879 g/mol. The van der Waals surface area contributed by atoms with Gasteiger partial charge in [-0.05, 0) is 64.2 Å². The number of esters is 2. The number of phosphoric ester groups is 1. The lowest BCUT2D eigenvalue weighted by atomic mass is 10.0. The van der Waals surface area contributed by atoms with Gasteiger partial charge in [-0.25, -0.2) is 4.57 Å². The lowest BCUT2D eigenvalue weighted by Crippen LogP contribution is -2.29. The van der Waals surface area contributed by atoms with Crippen LogP contribution in [0.4, 0.5) is 0 Å². The second kappa shape index (κ2) is 45.4. The van der Waals surface area contributed by atoms with Crippen LogP contribution in [0.2, 0.25) is 0 Å². The molecular weight excluding hydrogens is 792 g/mol. The van der Waals surface area contributed by atoms with Crippen LogP contribution in [0.15, 0.2) is 72.9 Å². The van der Waals surface area contributed by atoms with E-state index in [0.29, 0.717) is 12.8 Å². The molecule has 0 amide bonds. The molecule has 0 aliphatic carbocycles. The van der Waals surface area contributed by atoms with Crippen LogP contribution in [0.5, 0.6) is 0 Å². The minimum absolute atomic E-state index is 0.0503. The molecule has 0 heterocycles. The molecule has 0 rings (SSSR count). The molecule has 3 unspecified atom stereocenters. The van der Waals surface area contributed by atoms with E-state index in [1.807, 2.05) is 18.2 Å². The number of hydrogen-bond donors (Lipinski definition) is 3. The first-order valence-corrected chi connectivity index (χ1v) is 25.4. The third-order valence-electron chi connectivity index (χ3n) is 9.88. The van der Waals surface area contributed by atoms with Crippen LogP contribution in [0.3, 0.4) is 0 Å². The summed E-state index contributed by atoms with van der Waals surface area (Å²) in [6.45, 7) is 2.16. The van der Waals surface area contributed by atoms with Gasteiger partial charge in [0.05, 0.1) is 26.2 Å². The van der Waals surface area contributed by atoms with Crippen LogP contribution in [0.25, 0.3) is 0 Å². The summed E-state index contributed by atoms with van der Waals surface area (Å²) in [5.74, 6) is -1.07. The Morgan fingerprint density at radius 1 is 0.525 bits per heavy atom. The van der Waals surface area contributed by atoms with Crippen molar-refractivity contribution in [2.75, 3.05) is 26.4 Å². The van der Waals surface area contributed by atoms with Gasteiger partial charge in [-0.1, -0.05) is 189 Å². The van der Waals surface area contributed by atoms with Gasteiger partial charge >= 0.3 is 19.8 Å². The third kappa shape index (κ3) is 45.3. The molecule has 0 aliphatic rings. The fourth-order valence-electron chi connectivity index (χ4n) is 6.24. The van der Waals surface area contributed by atoms with Gasteiger partial charge in [0.15, 0.2) is 6.10 Å². The van der Waals surface area contributed by atoms with Gasteiger partial charge in [-0.15, -0.1) is 0 Å². The number of carbonyl (C=O) groups is 2. The number of aliphatic hydroxyl groups excluding tert-OH is 2. The topological polar surface area (TPSA) is 149 Å². The van der Waals surface area contributed by atoms with E-state index in [1.165, 1.54) is 109 Å². The second-order valence-corrected chi connectivity index (χ2v) is 17.2. The smallest absolute Gasteiger partial charge is 0.462 e. The van der Waals surface area contributed by atoms with Crippen molar-refractivity contribution in [3.63, 3.8) is 0 Å². The minimum atomic E-state index is -4.65. The maximum Gasteiger partial charge on any atom is 0.472 e. The van der Waals surface area contributed by atoms with Gasteiger partial charge < -0.3 is 24.6 Å². The van der Waals surface area contributed by atoms with Gasteiger partial charge in [-0.2, -0.15) is 0 Å². The Labute approximate surface area is 371 Å². The first kappa shape index (κ1) is 58.4. The van der Waals surface area contributed by atoms with Crippen molar-refractivity contribution in [2.45, 2.75) is 206 Å². The normalized spacial score (nSPS) is 14.4. The monoisotopic (exact) mass is 879 g/mol. The highest BCUT2D eigenvalue weighted by molar-refractivity contribution is 7.47. The Balaban J connectivity index is 4.26. The SMILES string of the molecule is CC/C=C\C/C=C\C/C=C\C/C=C\C/C=C\CC(=O)OC(COC(=O)CCCCCCCCCCCCC/C=C\CCCCCCCCCC)COP(=O)(O)OCC(O)CO. The van der Waals surface area contributed by atoms with Crippen molar-refractivity contribution in [3.8, 4) is 0 Å². The fourth-order valence-corrected chi connectivity index (χ4v) is 7.03. The average Bonchev–Trinajstić information content (AvgIpc) is 3.25. The number of ether oxygens (including phenoxy) is 2. The zero-order chi connectivity index (χ0) is 44.8. The fraction of sp³-hybridized carbons (Fsp3) is 0.720. The summed E-state index contributed by atoms with van der Waals surface area (Å²) < 4.78 is 32.6. The predicted octanol–water partition coefficient (Wildman–Crippen LogP) is 13.2. The quantitative estimate of drug-likeness (QED) is 0.0234. The maximum atomic E-state index is 12.6. The summed E-state index contributed by atoms with van der Waals surface area (Å²) in [7, 11) is -4.65. The van der Waals surface area contributed by atoms with Gasteiger partial charge in [-0.3, -0.25) is 18.6 Å². The first-order chi connectivity index (χ1) is 29.7. The molecule has 0 saturated carbocycles. The number of hydrogen-bond acceptors (Lipinski definition) is 9. The largest absolute Gasteiger partial charge is 0.472 e. The maximum absolute atomic E-state index is 12.6. The molecule has 0 saturated heterocycles. The molecule has 0 aromatic rings. The van der Waals surface area contributed by atoms with Crippen LogP contribution in [0.1, 0.15) is 194 Å². The highest BCUT2D eigenvalue weighted by Gasteiger charge is 2.27. The number of allylic oxidation sites excluding steroid dienone is 11. The summed E-state index contributed by atoms with van der Waals surface area (Å²) in [5, 5.41) is 18.4. The van der Waals surface area contributed by atoms with E-state index in [9.17, 15) is 24.2 Å². The highest BCUT2D eigenvalue weighted by Crippen LogP contribution is 2.43. The van der Waals surface area contributed by atoms with Crippen LogP contribution < -0.4 is 0 Å². The number of aliphatic hydroxyl groups is 2. The van der Waals surface area contributed by atoms with Crippen molar-refractivity contribution >= 4 is 19.8 Å². The molecule has 0 spiro atoms. The van der Waals surface area contributed by atoms with Gasteiger partial charge in [0.25, 0.3) is 0 Å². The van der Waals surface area contributed by atoms with E-state index in [1.54, 1.807) is 6.08 Å². The van der Waals surface area contributed by atoms with E-state index in [2.05, 4.69) is 67.0 Å². The molecule has 0 aliphatic heterocycles. The Bertz CT molecular complexity index is 1240. The summed E-state index contributed by atoms with van der Waals surface area (Å²) in [6.07, 6.45) is 53.4. The van der Waals surface area contributed by atoms with Crippen LogP contribution in [-0.2, 0) is 32.7 Å². The van der Waals surface area contributed by atoms with E-state index >= 15 is 0 Å². The van der Waals surface area contributed by atoms with Crippen LogP contribution >= 0.6 is 7.82 Å². The first-order valence-electron chi connectivity index (χ1n) is 23.9. The van der Waals surface area contributed by atoms with E-state index in [0.717, 1.165) is 44.9 Å². The molecule has 0 aromatic carbocycles. The number of phosphoric acid groups is 1. The molecule has 3 atom stereocenters. The van der Waals surface area contributed by atoms with Crippen LogP contribution in [0, 0.1) is 0 Å². The number of carbonyl (C=O) groups excluding carboxylic acids is 2. The van der Waals surface area contributed by atoms with Crippen molar-refractivity contribution in [2.24, 2.45) is 0 Å². The molecule has 352 valence electrons. The van der Waals surface area contributed by atoms with Crippen molar-refractivity contribution in [1.29, 1.82) is 0 Å². The summed E-state index contributed by atoms with van der Waals surface area (Å²) in [5.41, 5.74) is 0. The van der Waals surface area contributed by atoms with Crippen molar-refractivity contribution < 1.29 is 47.8 Å². The highest BCUT2D eigenvalue weighted by atomic mass is 31.2. The third-order valence-corrected chi connectivity index (χ3v) is 10.8. The van der Waals surface area contributed by atoms with E-state index < -0.39 is 51.8 Å². The molecule has 61 heavy (non-hydrogen) atoms. The van der Waals surface area contributed by atoms with E-state index in [-0.39, 0.29) is 19.4 Å². The zero-order valence-corrected chi connectivity index (χ0v) is 39.3. The Kier molecular flexibility index (Phi) is 43.5.